The van der Waals surface area contributed by atoms with Crippen molar-refractivity contribution in [1.29, 1.82) is 0 Å². The Morgan fingerprint density at radius 3 is 2.48 bits per heavy atom. The summed E-state index contributed by atoms with van der Waals surface area (Å²) in [5.74, 6) is -1.83. The van der Waals surface area contributed by atoms with Crippen LogP contribution in [0.3, 0.4) is 0 Å². The molecule has 1 aliphatic heterocycles. The van der Waals surface area contributed by atoms with Crippen molar-refractivity contribution in [3.63, 3.8) is 0 Å². The summed E-state index contributed by atoms with van der Waals surface area (Å²) in [7, 11) is 0. The number of amides is 1. The fourth-order valence-electron chi connectivity index (χ4n) is 2.32. The van der Waals surface area contributed by atoms with Crippen LogP contribution in [-0.2, 0) is 11.3 Å². The van der Waals surface area contributed by atoms with Crippen LogP contribution < -0.4 is 4.90 Å². The number of ketones is 1. The van der Waals surface area contributed by atoms with Gasteiger partial charge in [0.05, 0.1) is 27.8 Å². The van der Waals surface area contributed by atoms with E-state index in [9.17, 15) is 14.0 Å². The molecule has 0 bridgehead atoms. The van der Waals surface area contributed by atoms with Gasteiger partial charge >= 0.3 is 0 Å². The van der Waals surface area contributed by atoms with E-state index in [1.807, 2.05) is 0 Å². The third-order valence-electron chi connectivity index (χ3n) is 3.24. The zero-order valence-electron chi connectivity index (χ0n) is 10.6. The smallest absolute Gasteiger partial charge is 0.299 e. The van der Waals surface area contributed by atoms with E-state index in [0.29, 0.717) is 5.56 Å². The highest BCUT2D eigenvalue weighted by Gasteiger charge is 2.39. The first-order chi connectivity index (χ1) is 9.99. The quantitative estimate of drug-likeness (QED) is 0.787. The van der Waals surface area contributed by atoms with E-state index in [0.717, 1.165) is 0 Å². The molecule has 0 spiro atoms. The molecule has 6 heteroatoms. The van der Waals surface area contributed by atoms with E-state index < -0.39 is 17.5 Å². The summed E-state index contributed by atoms with van der Waals surface area (Å²) in [6, 6.07) is 8.80. The molecule has 0 saturated carbocycles. The minimum atomic E-state index is -0.718. The van der Waals surface area contributed by atoms with Gasteiger partial charge in [0.25, 0.3) is 11.7 Å². The van der Waals surface area contributed by atoms with Gasteiger partial charge in [0.1, 0.15) is 5.82 Å². The zero-order valence-corrected chi connectivity index (χ0v) is 12.1. The minimum Gasteiger partial charge on any atom is -0.299 e. The van der Waals surface area contributed by atoms with Crippen molar-refractivity contribution in [2.45, 2.75) is 6.54 Å². The summed E-state index contributed by atoms with van der Waals surface area (Å²) in [5, 5.41) is 0.430. The van der Waals surface area contributed by atoms with Crippen LogP contribution in [0.2, 0.25) is 10.0 Å². The van der Waals surface area contributed by atoms with E-state index in [1.165, 1.54) is 35.2 Å². The highest BCUT2D eigenvalue weighted by atomic mass is 35.5. The molecule has 1 heterocycles. The maximum atomic E-state index is 13.2. The fourth-order valence-corrected chi connectivity index (χ4v) is 2.82. The number of fused-ring (bicyclic) bond motifs is 1. The molecule has 0 radical (unpaired) electrons. The molecule has 2 aromatic rings. The highest BCUT2D eigenvalue weighted by molar-refractivity contribution is 6.56. The number of benzene rings is 2. The van der Waals surface area contributed by atoms with Gasteiger partial charge < -0.3 is 0 Å². The average molecular weight is 324 g/mol. The lowest BCUT2D eigenvalue weighted by Gasteiger charge is -2.18. The first-order valence-corrected chi connectivity index (χ1v) is 6.83. The van der Waals surface area contributed by atoms with Gasteiger partial charge in [0, 0.05) is 0 Å². The second-order valence-corrected chi connectivity index (χ2v) is 5.42. The number of carbonyl (C=O) groups excluding carboxylic acids is 2. The van der Waals surface area contributed by atoms with Gasteiger partial charge in [-0.25, -0.2) is 4.39 Å². The lowest BCUT2D eigenvalue weighted by atomic mass is 10.1. The zero-order chi connectivity index (χ0) is 15.1. The molecule has 2 aromatic carbocycles. The Hall–Kier alpha value is -1.91. The molecule has 3 rings (SSSR count). The molecular formula is C15H8Cl2FNO2. The number of hydrogen-bond donors (Lipinski definition) is 0. The van der Waals surface area contributed by atoms with E-state index in [2.05, 4.69) is 0 Å². The van der Waals surface area contributed by atoms with Crippen LogP contribution in [0, 0.1) is 5.82 Å². The molecule has 0 fully saturated rings. The third-order valence-corrected chi connectivity index (χ3v) is 3.86. The maximum absolute atomic E-state index is 13.2. The van der Waals surface area contributed by atoms with Gasteiger partial charge in [-0.05, 0) is 29.8 Å². The van der Waals surface area contributed by atoms with Crippen LogP contribution in [0.1, 0.15) is 15.9 Å². The van der Waals surface area contributed by atoms with Crippen molar-refractivity contribution >= 4 is 40.6 Å². The van der Waals surface area contributed by atoms with Gasteiger partial charge in [-0.1, -0.05) is 35.3 Å². The maximum Gasteiger partial charge on any atom is 0.299 e. The monoisotopic (exact) mass is 323 g/mol. The number of carbonyl (C=O) groups is 2. The second kappa shape index (κ2) is 5.13. The molecule has 21 heavy (non-hydrogen) atoms. The first-order valence-electron chi connectivity index (χ1n) is 6.07. The average Bonchev–Trinajstić information content (AvgIpc) is 2.69. The van der Waals surface area contributed by atoms with E-state index >= 15 is 0 Å². The molecule has 0 N–H and O–H groups in total. The Bertz CT molecular complexity index is 776. The molecule has 0 unspecified atom stereocenters. The summed E-state index contributed by atoms with van der Waals surface area (Å²) in [4.78, 5) is 25.4. The molecular weight excluding hydrogens is 316 g/mol. The summed E-state index contributed by atoms with van der Waals surface area (Å²) in [6.45, 7) is 0.0510. The number of rotatable bonds is 2. The molecule has 106 valence electrons. The first kappa shape index (κ1) is 14.0. The lowest BCUT2D eigenvalue weighted by molar-refractivity contribution is -0.114. The van der Waals surface area contributed by atoms with Crippen LogP contribution in [0.4, 0.5) is 10.1 Å². The lowest BCUT2D eigenvalue weighted by Crippen LogP contribution is -2.29. The molecule has 0 atom stereocenters. The predicted molar refractivity (Wildman–Crippen MR) is 78.4 cm³/mol. The number of nitrogens with zero attached hydrogens (tertiary/aromatic N) is 1. The van der Waals surface area contributed by atoms with Crippen molar-refractivity contribution in [2.24, 2.45) is 0 Å². The summed E-state index contributed by atoms with van der Waals surface area (Å²) in [5.41, 5.74) is 0.939. The Morgan fingerprint density at radius 1 is 1.05 bits per heavy atom. The summed E-state index contributed by atoms with van der Waals surface area (Å²) >= 11 is 12.1. The largest absolute Gasteiger partial charge is 0.299 e. The predicted octanol–water partition coefficient (Wildman–Crippen LogP) is 3.86. The minimum absolute atomic E-state index is 0.0510. The van der Waals surface area contributed by atoms with Crippen molar-refractivity contribution < 1.29 is 14.0 Å². The van der Waals surface area contributed by atoms with Crippen LogP contribution in [0.15, 0.2) is 36.4 Å². The normalized spacial score (nSPS) is 13.8. The Morgan fingerprint density at radius 2 is 1.76 bits per heavy atom. The van der Waals surface area contributed by atoms with Crippen molar-refractivity contribution in [3.8, 4) is 0 Å². The van der Waals surface area contributed by atoms with E-state index in [-0.39, 0.29) is 27.8 Å². The molecule has 1 amide bonds. The van der Waals surface area contributed by atoms with Gasteiger partial charge in [0.2, 0.25) is 0 Å². The van der Waals surface area contributed by atoms with Gasteiger partial charge in [-0.15, -0.1) is 0 Å². The van der Waals surface area contributed by atoms with Crippen LogP contribution in [-0.4, -0.2) is 11.7 Å². The van der Waals surface area contributed by atoms with Gasteiger partial charge in [-0.2, -0.15) is 0 Å². The van der Waals surface area contributed by atoms with Crippen LogP contribution in [0.5, 0.6) is 0 Å². The number of hydrogen-bond acceptors (Lipinski definition) is 2. The van der Waals surface area contributed by atoms with Crippen molar-refractivity contribution in [2.75, 3.05) is 4.90 Å². The van der Waals surface area contributed by atoms with Gasteiger partial charge in [-0.3, -0.25) is 14.5 Å². The number of halogens is 3. The topological polar surface area (TPSA) is 37.4 Å². The summed E-state index contributed by atoms with van der Waals surface area (Å²) < 4.78 is 13.2. The fraction of sp³-hybridized carbons (Fsp3) is 0.0667. The SMILES string of the molecule is O=C1C(=O)N(Cc2cccc(F)c2)c2c(Cl)ccc(Cl)c21. The molecule has 0 aromatic heterocycles. The van der Waals surface area contributed by atoms with Crippen molar-refractivity contribution in [3.05, 3.63) is 63.4 Å². The van der Waals surface area contributed by atoms with Crippen molar-refractivity contribution in [1.82, 2.24) is 0 Å². The molecule has 3 nitrogen and oxygen atoms in total. The molecule has 1 aliphatic rings. The Balaban J connectivity index is 2.08. The Kier molecular flexibility index (Phi) is 3.43. The second-order valence-electron chi connectivity index (χ2n) is 4.60. The van der Waals surface area contributed by atoms with Crippen LogP contribution >= 0.6 is 23.2 Å². The standard InChI is InChI=1S/C15H8Cl2FNO2/c16-10-4-5-11(17)13-12(10)14(20)15(21)19(13)7-8-2-1-3-9(18)6-8/h1-6H,7H2. The third kappa shape index (κ3) is 2.30. The van der Waals surface area contributed by atoms with E-state index in [1.54, 1.807) is 6.07 Å². The highest BCUT2D eigenvalue weighted by Crippen LogP contribution is 2.40. The molecule has 0 aliphatic carbocycles. The number of Topliss-reactive ketones (excluding diaryl/α,β-unsaturated/α-hetero) is 1. The van der Waals surface area contributed by atoms with Gasteiger partial charge in [0.15, 0.2) is 0 Å². The van der Waals surface area contributed by atoms with E-state index in [4.69, 9.17) is 23.2 Å². The number of anilines is 1. The molecule has 0 saturated heterocycles. The Labute approximate surface area is 129 Å². The van der Waals surface area contributed by atoms with Crippen LogP contribution in [0.25, 0.3) is 0 Å². The summed E-state index contributed by atoms with van der Waals surface area (Å²) in [6.07, 6.45) is 0.